The average molecular weight is 191 g/mol. The first kappa shape index (κ1) is 9.93. The van der Waals surface area contributed by atoms with Crippen LogP contribution in [0.4, 0.5) is 4.39 Å². The third-order valence-corrected chi connectivity index (χ3v) is 1.53. The van der Waals surface area contributed by atoms with Crippen LogP contribution >= 0.6 is 0 Å². The molecule has 0 bridgehead atoms. The van der Waals surface area contributed by atoms with Crippen LogP contribution in [-0.4, -0.2) is 11.1 Å². The fraction of sp³-hybridized carbons (Fsp3) is 0. The minimum atomic E-state index is -1.09. The molecule has 0 heterocycles. The van der Waals surface area contributed by atoms with E-state index in [4.69, 9.17) is 10.4 Å². The van der Waals surface area contributed by atoms with Crippen molar-refractivity contribution < 1.29 is 14.3 Å². The molecule has 0 spiro atoms. The van der Waals surface area contributed by atoms with Crippen LogP contribution < -0.4 is 0 Å². The molecule has 70 valence electrons. The normalized spacial score (nSPS) is 10.0. The van der Waals surface area contributed by atoms with Crippen molar-refractivity contribution >= 4 is 12.0 Å². The second-order valence-electron chi connectivity index (χ2n) is 2.52. The molecule has 0 atom stereocenters. The molecule has 3 nitrogen and oxygen atoms in total. The van der Waals surface area contributed by atoms with E-state index in [1.54, 1.807) is 6.07 Å². The molecule has 0 saturated carbocycles. The monoisotopic (exact) mass is 191 g/mol. The summed E-state index contributed by atoms with van der Waals surface area (Å²) in [5, 5.41) is 16.8. The maximum Gasteiger partial charge on any atom is 0.328 e. The van der Waals surface area contributed by atoms with Gasteiger partial charge in [0.1, 0.15) is 11.9 Å². The molecule has 0 aromatic heterocycles. The van der Waals surface area contributed by atoms with Crippen molar-refractivity contribution in [1.29, 1.82) is 5.26 Å². The molecule has 0 aliphatic carbocycles. The summed E-state index contributed by atoms with van der Waals surface area (Å²) in [6, 6.07) is 5.48. The number of nitrogens with zero attached hydrogens (tertiary/aromatic N) is 1. The van der Waals surface area contributed by atoms with E-state index < -0.39 is 11.8 Å². The largest absolute Gasteiger partial charge is 0.478 e. The predicted molar refractivity (Wildman–Crippen MR) is 47.8 cm³/mol. The Morgan fingerprint density at radius 1 is 1.57 bits per heavy atom. The molecule has 4 heteroatoms. The highest BCUT2D eigenvalue weighted by Crippen LogP contribution is 2.10. The van der Waals surface area contributed by atoms with Gasteiger partial charge in [-0.15, -0.1) is 0 Å². The molecule has 0 radical (unpaired) electrons. The van der Waals surface area contributed by atoms with E-state index in [0.717, 1.165) is 12.1 Å². The van der Waals surface area contributed by atoms with Gasteiger partial charge in [-0.25, -0.2) is 9.18 Å². The number of nitriles is 1. The summed E-state index contributed by atoms with van der Waals surface area (Å²) in [6.07, 6.45) is 2.22. The highest BCUT2D eigenvalue weighted by Gasteiger charge is 2.00. The second kappa shape index (κ2) is 4.19. The van der Waals surface area contributed by atoms with Gasteiger partial charge in [0.15, 0.2) is 0 Å². The Hall–Kier alpha value is -2.15. The van der Waals surface area contributed by atoms with E-state index in [9.17, 15) is 9.18 Å². The topological polar surface area (TPSA) is 61.1 Å². The number of carbonyl (C=O) groups is 1. The van der Waals surface area contributed by atoms with E-state index in [2.05, 4.69) is 0 Å². The Bertz CT molecular complexity index is 432. The van der Waals surface area contributed by atoms with E-state index in [1.807, 2.05) is 0 Å². The Labute approximate surface area is 79.7 Å². The van der Waals surface area contributed by atoms with Crippen molar-refractivity contribution in [3.05, 3.63) is 41.2 Å². The number of benzene rings is 1. The number of hydrogen-bond acceptors (Lipinski definition) is 2. The molecule has 0 unspecified atom stereocenters. The summed E-state index contributed by atoms with van der Waals surface area (Å²) in [5.74, 6) is -1.70. The first-order valence-corrected chi connectivity index (χ1v) is 3.74. The molecular formula is C10H6FNO2. The van der Waals surface area contributed by atoms with Gasteiger partial charge in [0.25, 0.3) is 0 Å². The van der Waals surface area contributed by atoms with Crippen molar-refractivity contribution in [2.75, 3.05) is 0 Å². The van der Waals surface area contributed by atoms with Crippen molar-refractivity contribution in [3.8, 4) is 6.07 Å². The number of halogens is 1. The minimum absolute atomic E-state index is 0.0995. The second-order valence-corrected chi connectivity index (χ2v) is 2.52. The standard InChI is InChI=1S/C10H6FNO2/c11-9-3-1-7(2-4-10(13)14)5-8(9)6-12/h1-5H,(H,13,14)/b4-2+. The molecule has 0 amide bonds. The molecule has 0 aliphatic rings. The summed E-state index contributed by atoms with van der Waals surface area (Å²) < 4.78 is 12.8. The number of rotatable bonds is 2. The van der Waals surface area contributed by atoms with Gasteiger partial charge < -0.3 is 5.11 Å². The summed E-state index contributed by atoms with van der Waals surface area (Å²) in [4.78, 5) is 10.2. The van der Waals surface area contributed by atoms with Crippen molar-refractivity contribution in [1.82, 2.24) is 0 Å². The molecule has 1 N–H and O–H groups in total. The third kappa shape index (κ3) is 2.42. The van der Waals surface area contributed by atoms with Crippen molar-refractivity contribution in [2.24, 2.45) is 0 Å². The number of aliphatic carboxylic acids is 1. The lowest BCUT2D eigenvalue weighted by Crippen LogP contribution is -1.87. The Morgan fingerprint density at radius 3 is 2.86 bits per heavy atom. The molecule has 1 aromatic rings. The van der Waals surface area contributed by atoms with Crippen LogP contribution in [0.1, 0.15) is 11.1 Å². The molecule has 1 rings (SSSR count). The van der Waals surface area contributed by atoms with E-state index in [1.165, 1.54) is 18.2 Å². The molecular weight excluding hydrogens is 185 g/mol. The maximum atomic E-state index is 12.8. The van der Waals surface area contributed by atoms with Crippen LogP contribution in [0, 0.1) is 17.1 Å². The van der Waals surface area contributed by atoms with Gasteiger partial charge in [-0.3, -0.25) is 0 Å². The van der Waals surface area contributed by atoms with Crippen LogP contribution in [-0.2, 0) is 4.79 Å². The number of carboxylic acid groups (broad SMARTS) is 1. The lowest BCUT2D eigenvalue weighted by Gasteiger charge is -1.95. The summed E-state index contributed by atoms with van der Waals surface area (Å²) in [7, 11) is 0. The van der Waals surface area contributed by atoms with Gasteiger partial charge in [0, 0.05) is 6.08 Å². The van der Waals surface area contributed by atoms with E-state index in [0.29, 0.717) is 5.56 Å². The summed E-state index contributed by atoms with van der Waals surface area (Å²) in [6.45, 7) is 0. The van der Waals surface area contributed by atoms with Crippen LogP contribution in [0.15, 0.2) is 24.3 Å². The molecule has 0 saturated heterocycles. The van der Waals surface area contributed by atoms with E-state index >= 15 is 0 Å². The molecule has 1 aromatic carbocycles. The van der Waals surface area contributed by atoms with Crippen LogP contribution in [0.5, 0.6) is 0 Å². The first-order chi connectivity index (χ1) is 6.63. The minimum Gasteiger partial charge on any atom is -0.478 e. The lowest BCUT2D eigenvalue weighted by atomic mass is 10.1. The lowest BCUT2D eigenvalue weighted by molar-refractivity contribution is -0.131. The highest BCUT2D eigenvalue weighted by atomic mass is 19.1. The van der Waals surface area contributed by atoms with E-state index in [-0.39, 0.29) is 5.56 Å². The van der Waals surface area contributed by atoms with Gasteiger partial charge in [-0.2, -0.15) is 5.26 Å². The third-order valence-electron chi connectivity index (χ3n) is 1.53. The quantitative estimate of drug-likeness (QED) is 0.725. The first-order valence-electron chi connectivity index (χ1n) is 3.74. The number of carboxylic acids is 1. The molecule has 14 heavy (non-hydrogen) atoms. The zero-order valence-corrected chi connectivity index (χ0v) is 7.07. The predicted octanol–water partition coefficient (Wildman–Crippen LogP) is 1.80. The van der Waals surface area contributed by atoms with Gasteiger partial charge in [0.05, 0.1) is 5.56 Å². The number of hydrogen-bond donors (Lipinski definition) is 1. The Kier molecular flexibility index (Phi) is 2.97. The Morgan fingerprint density at radius 2 is 2.29 bits per heavy atom. The maximum absolute atomic E-state index is 12.8. The fourth-order valence-corrected chi connectivity index (χ4v) is 0.900. The van der Waals surface area contributed by atoms with Crippen LogP contribution in [0.25, 0.3) is 6.08 Å². The van der Waals surface area contributed by atoms with Gasteiger partial charge in [-0.05, 0) is 23.8 Å². The zero-order valence-electron chi connectivity index (χ0n) is 7.07. The molecule has 0 fully saturated rings. The van der Waals surface area contributed by atoms with Crippen LogP contribution in [0.3, 0.4) is 0 Å². The van der Waals surface area contributed by atoms with Crippen molar-refractivity contribution in [3.63, 3.8) is 0 Å². The summed E-state index contributed by atoms with van der Waals surface area (Å²) in [5.41, 5.74) is 0.378. The van der Waals surface area contributed by atoms with Gasteiger partial charge in [-0.1, -0.05) is 6.07 Å². The van der Waals surface area contributed by atoms with Gasteiger partial charge in [0.2, 0.25) is 0 Å². The fourth-order valence-electron chi connectivity index (χ4n) is 0.900. The SMILES string of the molecule is N#Cc1cc(/C=C/C(=O)O)ccc1F. The molecule has 0 aliphatic heterocycles. The smallest absolute Gasteiger partial charge is 0.328 e. The van der Waals surface area contributed by atoms with Crippen LogP contribution in [0.2, 0.25) is 0 Å². The zero-order chi connectivity index (χ0) is 10.6. The summed E-state index contributed by atoms with van der Waals surface area (Å²) >= 11 is 0. The Balaban J connectivity index is 3.03. The average Bonchev–Trinajstić information content (AvgIpc) is 2.16. The highest BCUT2D eigenvalue weighted by molar-refractivity contribution is 5.85. The van der Waals surface area contributed by atoms with Crippen molar-refractivity contribution in [2.45, 2.75) is 0 Å². The van der Waals surface area contributed by atoms with Gasteiger partial charge >= 0.3 is 5.97 Å².